The van der Waals surface area contributed by atoms with Crippen molar-refractivity contribution in [3.8, 4) is 11.8 Å². The van der Waals surface area contributed by atoms with E-state index < -0.39 is 11.7 Å². The maximum Gasteiger partial charge on any atom is 0.407 e. The van der Waals surface area contributed by atoms with Crippen LogP contribution in [0.3, 0.4) is 0 Å². The molecular weight excluding hydrogens is 280 g/mol. The Morgan fingerprint density at radius 2 is 1.95 bits per heavy atom. The molecule has 2 amide bonds. The first-order valence-electron chi connectivity index (χ1n) is 7.05. The molecule has 0 unspecified atom stereocenters. The Morgan fingerprint density at radius 1 is 1.23 bits per heavy atom. The summed E-state index contributed by atoms with van der Waals surface area (Å²) in [6, 6.07) is 7.53. The molecule has 1 aromatic rings. The number of ether oxygens (including phenoxy) is 1. The fourth-order valence-electron chi connectivity index (χ4n) is 1.56. The van der Waals surface area contributed by atoms with Crippen molar-refractivity contribution in [1.29, 1.82) is 0 Å². The van der Waals surface area contributed by atoms with Crippen LogP contribution in [0.5, 0.6) is 0 Å². The largest absolute Gasteiger partial charge is 0.444 e. The van der Waals surface area contributed by atoms with E-state index in [1.165, 1.54) is 6.92 Å². The molecule has 0 aromatic heterocycles. The van der Waals surface area contributed by atoms with E-state index in [0.717, 1.165) is 11.1 Å². The van der Waals surface area contributed by atoms with Crippen LogP contribution in [-0.4, -0.2) is 24.1 Å². The number of carbonyl (C=O) groups excluding carboxylic acids is 2. The SMILES string of the molecule is CC(=O)NCC#Cc1cccc(CNC(=O)OC(C)(C)C)c1. The normalized spacial score (nSPS) is 10.2. The van der Waals surface area contributed by atoms with E-state index in [0.29, 0.717) is 13.1 Å². The van der Waals surface area contributed by atoms with Gasteiger partial charge in [0.1, 0.15) is 5.60 Å². The van der Waals surface area contributed by atoms with Crippen LogP contribution in [0.4, 0.5) is 4.79 Å². The first kappa shape index (κ1) is 17.6. The van der Waals surface area contributed by atoms with E-state index in [4.69, 9.17) is 4.74 Å². The van der Waals surface area contributed by atoms with Crippen molar-refractivity contribution >= 4 is 12.0 Å². The van der Waals surface area contributed by atoms with Gasteiger partial charge >= 0.3 is 6.09 Å². The fourth-order valence-corrected chi connectivity index (χ4v) is 1.56. The predicted octanol–water partition coefficient (Wildman–Crippen LogP) is 2.20. The smallest absolute Gasteiger partial charge is 0.407 e. The van der Waals surface area contributed by atoms with Crippen molar-refractivity contribution in [2.45, 2.75) is 39.8 Å². The lowest BCUT2D eigenvalue weighted by molar-refractivity contribution is -0.118. The molecular formula is C17H22N2O3. The molecule has 0 aliphatic rings. The molecule has 1 rings (SSSR count). The maximum atomic E-state index is 11.6. The fraction of sp³-hybridized carbons (Fsp3) is 0.412. The standard InChI is InChI=1S/C17H22N2O3/c1-13(20)18-10-6-9-14-7-5-8-15(11-14)12-19-16(21)22-17(2,3)4/h5,7-8,11H,10,12H2,1-4H3,(H,18,20)(H,19,21). The first-order chi connectivity index (χ1) is 10.3. The van der Waals surface area contributed by atoms with Gasteiger partial charge in [-0.05, 0) is 38.5 Å². The third-order valence-electron chi connectivity index (χ3n) is 2.42. The van der Waals surface area contributed by atoms with Gasteiger partial charge in [-0.25, -0.2) is 4.79 Å². The zero-order chi connectivity index (χ0) is 16.6. The van der Waals surface area contributed by atoms with Gasteiger partial charge in [0.25, 0.3) is 0 Å². The van der Waals surface area contributed by atoms with Gasteiger partial charge in [-0.2, -0.15) is 0 Å². The monoisotopic (exact) mass is 302 g/mol. The molecule has 0 heterocycles. The lowest BCUT2D eigenvalue weighted by atomic mass is 10.1. The number of alkyl carbamates (subject to hydrolysis) is 1. The van der Waals surface area contributed by atoms with Gasteiger partial charge in [-0.1, -0.05) is 24.0 Å². The third-order valence-corrected chi connectivity index (χ3v) is 2.42. The van der Waals surface area contributed by atoms with Gasteiger partial charge in [0, 0.05) is 19.0 Å². The van der Waals surface area contributed by atoms with Gasteiger partial charge in [0.2, 0.25) is 5.91 Å². The lowest BCUT2D eigenvalue weighted by Crippen LogP contribution is -2.32. The quantitative estimate of drug-likeness (QED) is 0.841. The molecule has 2 N–H and O–H groups in total. The summed E-state index contributed by atoms with van der Waals surface area (Å²) in [6.45, 7) is 7.59. The molecule has 0 aliphatic heterocycles. The second kappa shape index (κ2) is 8.08. The van der Waals surface area contributed by atoms with Crippen molar-refractivity contribution in [2.24, 2.45) is 0 Å². The van der Waals surface area contributed by atoms with Crippen LogP contribution in [0, 0.1) is 11.8 Å². The molecule has 5 heteroatoms. The van der Waals surface area contributed by atoms with Gasteiger partial charge in [0.05, 0.1) is 6.54 Å². The van der Waals surface area contributed by atoms with Crippen LogP contribution >= 0.6 is 0 Å². The van der Waals surface area contributed by atoms with Crippen LogP contribution < -0.4 is 10.6 Å². The Labute approximate surface area is 131 Å². The second-order valence-electron chi connectivity index (χ2n) is 5.77. The lowest BCUT2D eigenvalue weighted by Gasteiger charge is -2.19. The highest BCUT2D eigenvalue weighted by molar-refractivity contribution is 5.73. The molecule has 0 spiro atoms. The van der Waals surface area contributed by atoms with E-state index in [2.05, 4.69) is 22.5 Å². The Bertz CT molecular complexity index is 592. The van der Waals surface area contributed by atoms with Crippen molar-refractivity contribution in [1.82, 2.24) is 10.6 Å². The third kappa shape index (κ3) is 7.95. The molecule has 22 heavy (non-hydrogen) atoms. The minimum atomic E-state index is -0.513. The average molecular weight is 302 g/mol. The number of hydrogen-bond acceptors (Lipinski definition) is 3. The minimum Gasteiger partial charge on any atom is -0.444 e. The van der Waals surface area contributed by atoms with Gasteiger partial charge in [0.15, 0.2) is 0 Å². The zero-order valence-corrected chi connectivity index (χ0v) is 13.4. The molecule has 1 aromatic carbocycles. The van der Waals surface area contributed by atoms with E-state index in [1.54, 1.807) is 0 Å². The van der Waals surface area contributed by atoms with Crippen molar-refractivity contribution in [3.63, 3.8) is 0 Å². The topological polar surface area (TPSA) is 67.4 Å². The van der Waals surface area contributed by atoms with Crippen LogP contribution in [0.25, 0.3) is 0 Å². The van der Waals surface area contributed by atoms with E-state index in [1.807, 2.05) is 45.0 Å². The first-order valence-corrected chi connectivity index (χ1v) is 7.05. The maximum absolute atomic E-state index is 11.6. The summed E-state index contributed by atoms with van der Waals surface area (Å²) in [6.07, 6.45) is -0.449. The predicted molar refractivity (Wildman–Crippen MR) is 85.1 cm³/mol. The summed E-state index contributed by atoms with van der Waals surface area (Å²) in [5, 5.41) is 5.30. The molecule has 5 nitrogen and oxygen atoms in total. The molecule has 0 saturated heterocycles. The van der Waals surface area contributed by atoms with Crippen molar-refractivity contribution in [3.05, 3.63) is 35.4 Å². The average Bonchev–Trinajstić information content (AvgIpc) is 2.40. The second-order valence-corrected chi connectivity index (χ2v) is 5.77. The van der Waals surface area contributed by atoms with Crippen LogP contribution in [0.2, 0.25) is 0 Å². The summed E-state index contributed by atoms with van der Waals surface area (Å²) in [5.41, 5.74) is 1.24. The summed E-state index contributed by atoms with van der Waals surface area (Å²) in [7, 11) is 0. The Kier molecular flexibility index (Phi) is 6.46. The number of benzene rings is 1. The Balaban J connectivity index is 2.54. The number of rotatable bonds is 3. The summed E-state index contributed by atoms with van der Waals surface area (Å²) >= 11 is 0. The summed E-state index contributed by atoms with van der Waals surface area (Å²) < 4.78 is 5.17. The number of amides is 2. The summed E-state index contributed by atoms with van der Waals surface area (Å²) in [4.78, 5) is 22.3. The minimum absolute atomic E-state index is 0.107. The zero-order valence-electron chi connectivity index (χ0n) is 13.4. The van der Waals surface area contributed by atoms with Crippen LogP contribution in [0.1, 0.15) is 38.8 Å². The van der Waals surface area contributed by atoms with Crippen molar-refractivity contribution in [2.75, 3.05) is 6.54 Å². The van der Waals surface area contributed by atoms with Crippen molar-refractivity contribution < 1.29 is 14.3 Å². The van der Waals surface area contributed by atoms with Gasteiger partial charge < -0.3 is 15.4 Å². The summed E-state index contributed by atoms with van der Waals surface area (Å²) in [5.74, 6) is 5.71. The van der Waals surface area contributed by atoms with E-state index in [-0.39, 0.29) is 5.91 Å². The molecule has 0 bridgehead atoms. The highest BCUT2D eigenvalue weighted by atomic mass is 16.6. The molecule has 0 atom stereocenters. The number of carbonyl (C=O) groups is 2. The molecule has 118 valence electrons. The van der Waals surface area contributed by atoms with Crippen LogP contribution in [-0.2, 0) is 16.1 Å². The number of hydrogen-bond donors (Lipinski definition) is 2. The number of nitrogens with one attached hydrogen (secondary N) is 2. The molecule has 0 radical (unpaired) electrons. The Hall–Kier alpha value is -2.48. The highest BCUT2D eigenvalue weighted by Crippen LogP contribution is 2.08. The van der Waals surface area contributed by atoms with E-state index in [9.17, 15) is 9.59 Å². The Morgan fingerprint density at radius 3 is 2.59 bits per heavy atom. The highest BCUT2D eigenvalue weighted by Gasteiger charge is 2.15. The van der Waals surface area contributed by atoms with E-state index >= 15 is 0 Å². The van der Waals surface area contributed by atoms with Gasteiger partial charge in [-0.15, -0.1) is 0 Å². The van der Waals surface area contributed by atoms with Gasteiger partial charge in [-0.3, -0.25) is 4.79 Å². The van der Waals surface area contributed by atoms with Crippen LogP contribution in [0.15, 0.2) is 24.3 Å². The molecule has 0 aliphatic carbocycles. The molecule has 0 saturated carbocycles. The molecule has 0 fully saturated rings.